The number of fused-ring (bicyclic) bond motifs is 3. The Bertz CT molecular complexity index is 1490. The summed E-state index contributed by atoms with van der Waals surface area (Å²) in [7, 11) is 0. The number of carbonyl (C=O) groups is 4. The average Bonchev–Trinajstić information content (AvgIpc) is 3.63. The van der Waals surface area contributed by atoms with Crippen molar-refractivity contribution in [3.63, 3.8) is 0 Å². The third-order valence-corrected chi connectivity index (χ3v) is 10.2. The van der Waals surface area contributed by atoms with Crippen LogP contribution in [0.2, 0.25) is 0 Å². The van der Waals surface area contributed by atoms with Crippen molar-refractivity contribution in [3.05, 3.63) is 10.4 Å². The van der Waals surface area contributed by atoms with Crippen molar-refractivity contribution in [2.24, 2.45) is 15.9 Å². The lowest BCUT2D eigenvalue weighted by Gasteiger charge is -2.38. The van der Waals surface area contributed by atoms with Gasteiger partial charge in [-0.1, -0.05) is 21.0 Å². The molecule has 58 heavy (non-hydrogen) atoms. The van der Waals surface area contributed by atoms with Crippen molar-refractivity contribution in [1.82, 2.24) is 0 Å². The number of halogens is 1. The maximum atomic E-state index is 12.6. The van der Waals surface area contributed by atoms with Gasteiger partial charge in [-0.05, 0) is 87.6 Å². The second-order valence-electron chi connectivity index (χ2n) is 16.3. The van der Waals surface area contributed by atoms with E-state index in [1.807, 2.05) is 13.8 Å². The molecule has 4 aliphatic rings. The summed E-state index contributed by atoms with van der Waals surface area (Å²) in [4.78, 5) is 50.7. The smallest absolute Gasteiger partial charge is 0.319 e. The van der Waals surface area contributed by atoms with Crippen LogP contribution in [0.4, 0.5) is 0 Å². The lowest BCUT2D eigenvalue weighted by Crippen LogP contribution is -2.58. The van der Waals surface area contributed by atoms with Crippen molar-refractivity contribution >= 4 is 39.8 Å². The molecular weight excluding hydrogens is 842 g/mol. The summed E-state index contributed by atoms with van der Waals surface area (Å²) in [5.41, 5.74) is 6.69. The Morgan fingerprint density at radius 3 is 1.78 bits per heavy atom. The van der Waals surface area contributed by atoms with Crippen LogP contribution in [0.15, 0.2) is 5.11 Å². The standard InChI is InChI=1S/C21H33BrO9.C15H25N3O9/c1-8-25-18(24)19(2,3)9-11(22)16(23)26-10-12-13-14(29-20(4,5)28-13)15-17(27-12)31-21(6,7)30-15;1-4-25-14(24)15(2,3)5-7(17-18-16)12(22)26-6-8-9(19)10(20)11(21)13(23)27-8/h11-15,17H,8-10H2,1-7H3;7-11,13,19-21,23H,4-6H2,1-3H3. The Labute approximate surface area is 344 Å². The molecule has 332 valence electrons. The number of nitrogens with zero attached hydrogens (tertiary/aromatic N) is 3. The van der Waals surface area contributed by atoms with Crippen LogP contribution in [-0.2, 0) is 66.5 Å². The summed E-state index contributed by atoms with van der Waals surface area (Å²) in [6.45, 7) is 16.9. The van der Waals surface area contributed by atoms with E-state index in [1.54, 1.807) is 41.5 Å². The Kier molecular flexibility index (Phi) is 17.3. The second kappa shape index (κ2) is 20.2. The highest BCUT2D eigenvalue weighted by molar-refractivity contribution is 9.10. The first-order valence-electron chi connectivity index (χ1n) is 18.9. The van der Waals surface area contributed by atoms with Crippen molar-refractivity contribution in [3.8, 4) is 0 Å². The van der Waals surface area contributed by atoms with Gasteiger partial charge in [-0.15, -0.1) is 0 Å². The molecule has 0 radical (unpaired) electrons. The van der Waals surface area contributed by atoms with E-state index >= 15 is 0 Å². The van der Waals surface area contributed by atoms with E-state index in [0.29, 0.717) is 0 Å². The molecule has 0 aromatic carbocycles. The molecule has 4 N–H and O–H groups in total. The molecule has 0 aromatic rings. The molecule has 4 rings (SSSR count). The molecule has 4 aliphatic heterocycles. The highest BCUT2D eigenvalue weighted by Crippen LogP contribution is 2.44. The molecular formula is C36H58BrN3O18. The molecule has 12 atom stereocenters. The molecule has 22 heteroatoms. The fourth-order valence-electron chi connectivity index (χ4n) is 6.48. The summed E-state index contributed by atoms with van der Waals surface area (Å²) < 4.78 is 55.2. The van der Waals surface area contributed by atoms with Gasteiger partial charge in [0.05, 0.1) is 24.0 Å². The van der Waals surface area contributed by atoms with Crippen LogP contribution in [0.25, 0.3) is 10.4 Å². The number of ether oxygens (including phenoxy) is 10. The quantitative estimate of drug-likeness (QED) is 0.0454. The van der Waals surface area contributed by atoms with Gasteiger partial charge in [0.1, 0.15) is 72.9 Å². The van der Waals surface area contributed by atoms with Gasteiger partial charge in [0.25, 0.3) is 0 Å². The van der Waals surface area contributed by atoms with Crippen LogP contribution in [0.1, 0.15) is 82.1 Å². The van der Waals surface area contributed by atoms with Crippen LogP contribution < -0.4 is 0 Å². The first-order chi connectivity index (χ1) is 26.8. The number of carbonyl (C=O) groups excluding carboxylic acids is 4. The van der Waals surface area contributed by atoms with Gasteiger partial charge in [0, 0.05) is 4.91 Å². The highest BCUT2D eigenvalue weighted by Gasteiger charge is 2.61. The minimum Gasteiger partial charge on any atom is -0.466 e. The van der Waals surface area contributed by atoms with Crippen molar-refractivity contribution in [1.29, 1.82) is 0 Å². The van der Waals surface area contributed by atoms with Gasteiger partial charge in [-0.2, -0.15) is 0 Å². The third kappa shape index (κ3) is 12.9. The number of hydrogen-bond donors (Lipinski definition) is 4. The Morgan fingerprint density at radius 1 is 0.707 bits per heavy atom. The lowest BCUT2D eigenvalue weighted by molar-refractivity contribution is -0.287. The number of esters is 4. The van der Waals surface area contributed by atoms with E-state index in [4.69, 9.17) is 52.9 Å². The van der Waals surface area contributed by atoms with Gasteiger partial charge in [-0.3, -0.25) is 19.2 Å². The summed E-state index contributed by atoms with van der Waals surface area (Å²) in [6, 6.07) is -1.35. The molecule has 4 fully saturated rings. The van der Waals surface area contributed by atoms with Gasteiger partial charge < -0.3 is 67.8 Å². The first-order valence-corrected chi connectivity index (χ1v) is 19.8. The Balaban J connectivity index is 0.000000314. The fourth-order valence-corrected chi connectivity index (χ4v) is 7.42. The third-order valence-electron chi connectivity index (χ3n) is 9.49. The number of rotatable bonds is 15. The van der Waals surface area contributed by atoms with Gasteiger partial charge in [0.15, 0.2) is 24.2 Å². The van der Waals surface area contributed by atoms with Crippen LogP contribution >= 0.6 is 15.9 Å². The molecule has 4 heterocycles. The molecule has 0 amide bonds. The minimum absolute atomic E-state index is 0.0472. The topological polar surface area (TPSA) is 290 Å². The van der Waals surface area contributed by atoms with Crippen LogP contribution in [0, 0.1) is 10.8 Å². The molecule has 4 saturated heterocycles. The Morgan fingerprint density at radius 2 is 1.21 bits per heavy atom. The van der Waals surface area contributed by atoms with Crippen LogP contribution in [-0.4, -0.2) is 155 Å². The molecule has 0 aliphatic carbocycles. The van der Waals surface area contributed by atoms with Gasteiger partial charge in [0.2, 0.25) is 0 Å². The van der Waals surface area contributed by atoms with E-state index in [0.717, 1.165) is 0 Å². The molecule has 21 nitrogen and oxygen atoms in total. The minimum atomic E-state index is -1.78. The number of azide groups is 1. The van der Waals surface area contributed by atoms with Gasteiger partial charge in [-0.25, -0.2) is 0 Å². The number of aliphatic hydroxyl groups is 4. The monoisotopic (exact) mass is 899 g/mol. The maximum absolute atomic E-state index is 12.6. The largest absolute Gasteiger partial charge is 0.466 e. The zero-order valence-corrected chi connectivity index (χ0v) is 36.0. The predicted molar refractivity (Wildman–Crippen MR) is 199 cm³/mol. The summed E-state index contributed by atoms with van der Waals surface area (Å²) in [5.74, 6) is -4.08. The predicted octanol–water partition coefficient (Wildman–Crippen LogP) is 1.66. The average molecular weight is 901 g/mol. The molecule has 12 unspecified atom stereocenters. The summed E-state index contributed by atoms with van der Waals surface area (Å²) in [5, 5.41) is 41.6. The van der Waals surface area contributed by atoms with Crippen molar-refractivity contribution in [2.75, 3.05) is 26.4 Å². The molecule has 0 saturated carbocycles. The normalized spacial score (nSPS) is 32.1. The van der Waals surface area contributed by atoms with E-state index in [-0.39, 0.29) is 38.6 Å². The molecule has 0 spiro atoms. The molecule has 0 bridgehead atoms. The summed E-state index contributed by atoms with van der Waals surface area (Å²) >= 11 is 3.33. The number of alkyl halides is 1. The second-order valence-corrected chi connectivity index (χ2v) is 17.4. The van der Waals surface area contributed by atoms with E-state index in [2.05, 4.69) is 26.0 Å². The van der Waals surface area contributed by atoms with E-state index in [1.165, 1.54) is 13.8 Å². The highest BCUT2D eigenvalue weighted by atomic mass is 79.9. The zero-order chi connectivity index (χ0) is 44.0. The Hall–Kier alpha value is -2.73. The van der Waals surface area contributed by atoms with E-state index < -0.39 is 119 Å². The first kappa shape index (κ1) is 49.6. The number of hydrogen-bond acceptors (Lipinski definition) is 19. The summed E-state index contributed by atoms with van der Waals surface area (Å²) in [6.07, 6.45) is -10.7. The van der Waals surface area contributed by atoms with Gasteiger partial charge >= 0.3 is 23.9 Å². The number of aliphatic hydroxyl groups excluding tert-OH is 4. The fraction of sp³-hybridized carbons (Fsp3) is 0.889. The zero-order valence-electron chi connectivity index (χ0n) is 34.4. The SMILES string of the molecule is CCOC(=O)C(C)(C)CC(Br)C(=O)OCC1OC2OC(C)(C)OC2C2OC(C)(C)OC12.CCOC(=O)C(C)(C)CC(N=[N+]=[N-])C(=O)OCC1OC(O)C(O)C(O)C1O. The molecule has 0 aromatic heterocycles. The van der Waals surface area contributed by atoms with Crippen LogP contribution in [0.5, 0.6) is 0 Å². The van der Waals surface area contributed by atoms with E-state index in [9.17, 15) is 39.6 Å². The van der Waals surface area contributed by atoms with Crippen molar-refractivity contribution < 1.29 is 87.0 Å². The maximum Gasteiger partial charge on any atom is 0.319 e. The lowest BCUT2D eigenvalue weighted by atomic mass is 9.86. The van der Waals surface area contributed by atoms with Crippen molar-refractivity contribution in [2.45, 2.75) is 166 Å². The van der Waals surface area contributed by atoms with Crippen LogP contribution in [0.3, 0.4) is 0 Å².